The van der Waals surface area contributed by atoms with Crippen molar-refractivity contribution < 1.29 is 14.7 Å². The number of nitrogens with one attached hydrogen (secondary N) is 1. The lowest BCUT2D eigenvalue weighted by Gasteiger charge is -2.20. The first-order valence-electron chi connectivity index (χ1n) is 5.84. The highest BCUT2D eigenvalue weighted by molar-refractivity contribution is 5.80. The van der Waals surface area contributed by atoms with E-state index in [0.717, 1.165) is 18.9 Å². The van der Waals surface area contributed by atoms with Gasteiger partial charge in [0, 0.05) is 19.0 Å². The minimum absolute atomic E-state index is 0.0296. The van der Waals surface area contributed by atoms with Crippen LogP contribution in [0.1, 0.15) is 38.5 Å². The third-order valence-electron chi connectivity index (χ3n) is 2.88. The van der Waals surface area contributed by atoms with Crippen molar-refractivity contribution >= 4 is 11.9 Å². The summed E-state index contributed by atoms with van der Waals surface area (Å²) in [5, 5.41) is 11.0. The Labute approximate surface area is 95.7 Å². The van der Waals surface area contributed by atoms with Crippen molar-refractivity contribution in [3.63, 3.8) is 0 Å². The predicted molar refractivity (Wildman–Crippen MR) is 61.0 cm³/mol. The van der Waals surface area contributed by atoms with Crippen LogP contribution in [0.3, 0.4) is 0 Å². The van der Waals surface area contributed by atoms with Crippen LogP contribution in [-0.4, -0.2) is 23.5 Å². The van der Waals surface area contributed by atoms with Crippen LogP contribution in [0.15, 0.2) is 12.2 Å². The molecule has 0 heterocycles. The molecule has 0 atom stereocenters. The van der Waals surface area contributed by atoms with Gasteiger partial charge in [0.25, 0.3) is 0 Å². The molecule has 1 aliphatic rings. The molecular formula is C12H19NO3. The van der Waals surface area contributed by atoms with Crippen LogP contribution in [0.5, 0.6) is 0 Å². The summed E-state index contributed by atoms with van der Waals surface area (Å²) in [5.41, 5.74) is 0. The molecule has 0 unspecified atom stereocenters. The molecule has 16 heavy (non-hydrogen) atoms. The Kier molecular flexibility index (Phi) is 5.61. The highest BCUT2D eigenvalue weighted by atomic mass is 16.4. The Morgan fingerprint density at radius 2 is 1.94 bits per heavy atom. The summed E-state index contributed by atoms with van der Waals surface area (Å²) in [4.78, 5) is 21.6. The number of hydrogen-bond donors (Lipinski definition) is 2. The number of amides is 1. The number of aliphatic carboxylic acids is 1. The normalized spacial score (nSPS) is 17.5. The van der Waals surface area contributed by atoms with E-state index in [9.17, 15) is 9.59 Å². The topological polar surface area (TPSA) is 66.4 Å². The number of carboxylic acid groups (broad SMARTS) is 1. The van der Waals surface area contributed by atoms with E-state index in [1.165, 1.54) is 25.3 Å². The molecule has 1 rings (SSSR count). The van der Waals surface area contributed by atoms with Crippen LogP contribution in [0.25, 0.3) is 0 Å². The first-order valence-corrected chi connectivity index (χ1v) is 5.84. The fraction of sp³-hybridized carbons (Fsp3) is 0.667. The average Bonchev–Trinajstić information content (AvgIpc) is 2.25. The summed E-state index contributed by atoms with van der Waals surface area (Å²) in [5.74, 6) is -0.430. The van der Waals surface area contributed by atoms with Crippen molar-refractivity contribution in [1.82, 2.24) is 5.32 Å². The molecule has 2 N–H and O–H groups in total. The van der Waals surface area contributed by atoms with E-state index in [-0.39, 0.29) is 5.91 Å². The van der Waals surface area contributed by atoms with Gasteiger partial charge >= 0.3 is 5.97 Å². The lowest BCUT2D eigenvalue weighted by molar-refractivity contribution is -0.131. The molecule has 1 amide bonds. The monoisotopic (exact) mass is 225 g/mol. The summed E-state index contributed by atoms with van der Waals surface area (Å²) in [6, 6.07) is 0. The fourth-order valence-corrected chi connectivity index (χ4v) is 2.06. The van der Waals surface area contributed by atoms with Gasteiger partial charge < -0.3 is 10.4 Å². The molecule has 4 heteroatoms. The first-order chi connectivity index (χ1) is 7.68. The zero-order valence-electron chi connectivity index (χ0n) is 9.45. The lowest BCUT2D eigenvalue weighted by Crippen LogP contribution is -2.26. The SMILES string of the molecule is O=C(O)C=CCNC(=O)CC1CCCCC1. The number of carbonyl (C=O) groups excluding carboxylic acids is 1. The number of carbonyl (C=O) groups is 2. The molecule has 0 spiro atoms. The fourth-order valence-electron chi connectivity index (χ4n) is 2.06. The molecule has 1 saturated carbocycles. The van der Waals surface area contributed by atoms with Gasteiger partial charge in [0.15, 0.2) is 0 Å². The maximum absolute atomic E-state index is 11.5. The zero-order valence-corrected chi connectivity index (χ0v) is 9.45. The van der Waals surface area contributed by atoms with Gasteiger partial charge in [-0.2, -0.15) is 0 Å². The summed E-state index contributed by atoms with van der Waals surface area (Å²) in [6.45, 7) is 0.303. The third-order valence-corrected chi connectivity index (χ3v) is 2.88. The number of rotatable bonds is 5. The quantitative estimate of drug-likeness (QED) is 0.700. The summed E-state index contributed by atoms with van der Waals surface area (Å²) < 4.78 is 0. The van der Waals surface area contributed by atoms with Crippen LogP contribution in [0.2, 0.25) is 0 Å². The van der Waals surface area contributed by atoms with Crippen molar-refractivity contribution in [2.75, 3.05) is 6.54 Å². The van der Waals surface area contributed by atoms with Gasteiger partial charge in [0.1, 0.15) is 0 Å². The molecule has 1 fully saturated rings. The number of hydrogen-bond acceptors (Lipinski definition) is 2. The molecule has 0 aromatic rings. The van der Waals surface area contributed by atoms with Crippen LogP contribution in [-0.2, 0) is 9.59 Å². The summed E-state index contributed by atoms with van der Waals surface area (Å²) >= 11 is 0. The van der Waals surface area contributed by atoms with E-state index in [0.29, 0.717) is 18.9 Å². The van der Waals surface area contributed by atoms with E-state index in [4.69, 9.17) is 5.11 Å². The van der Waals surface area contributed by atoms with E-state index in [1.807, 2.05) is 0 Å². The standard InChI is InChI=1S/C12H19NO3/c14-11(13-8-4-7-12(15)16)9-10-5-2-1-3-6-10/h4,7,10H,1-3,5-6,8-9H2,(H,13,14)(H,15,16). The molecular weight excluding hydrogens is 206 g/mol. The number of carboxylic acids is 1. The average molecular weight is 225 g/mol. The Balaban J connectivity index is 2.12. The second kappa shape index (κ2) is 7.04. The van der Waals surface area contributed by atoms with Crippen LogP contribution >= 0.6 is 0 Å². The van der Waals surface area contributed by atoms with Gasteiger partial charge in [-0.05, 0) is 18.8 Å². The molecule has 0 bridgehead atoms. The van der Waals surface area contributed by atoms with Crippen molar-refractivity contribution in [2.24, 2.45) is 5.92 Å². The predicted octanol–water partition coefficient (Wildman–Crippen LogP) is 1.71. The van der Waals surface area contributed by atoms with Crippen LogP contribution < -0.4 is 5.32 Å². The smallest absolute Gasteiger partial charge is 0.328 e. The molecule has 1 aliphatic carbocycles. The van der Waals surface area contributed by atoms with Gasteiger partial charge in [-0.3, -0.25) is 4.79 Å². The van der Waals surface area contributed by atoms with Crippen LogP contribution in [0.4, 0.5) is 0 Å². The van der Waals surface area contributed by atoms with E-state index < -0.39 is 5.97 Å². The van der Waals surface area contributed by atoms with Crippen molar-refractivity contribution in [2.45, 2.75) is 38.5 Å². The van der Waals surface area contributed by atoms with Crippen molar-refractivity contribution in [3.05, 3.63) is 12.2 Å². The molecule has 4 nitrogen and oxygen atoms in total. The van der Waals surface area contributed by atoms with E-state index >= 15 is 0 Å². The van der Waals surface area contributed by atoms with Crippen molar-refractivity contribution in [3.8, 4) is 0 Å². The third kappa shape index (κ3) is 5.53. The summed E-state index contributed by atoms with van der Waals surface area (Å²) in [7, 11) is 0. The Morgan fingerprint density at radius 1 is 1.25 bits per heavy atom. The van der Waals surface area contributed by atoms with E-state index in [2.05, 4.69) is 5.32 Å². The molecule has 0 aromatic heterocycles. The van der Waals surface area contributed by atoms with Gasteiger partial charge in [-0.1, -0.05) is 25.3 Å². The zero-order chi connectivity index (χ0) is 11.8. The van der Waals surface area contributed by atoms with Crippen LogP contribution in [0, 0.1) is 5.92 Å². The molecule has 90 valence electrons. The Bertz CT molecular complexity index is 267. The Morgan fingerprint density at radius 3 is 2.56 bits per heavy atom. The first kappa shape index (κ1) is 12.7. The molecule has 0 aliphatic heterocycles. The van der Waals surface area contributed by atoms with Gasteiger partial charge in [-0.25, -0.2) is 4.79 Å². The van der Waals surface area contributed by atoms with E-state index in [1.54, 1.807) is 0 Å². The Hall–Kier alpha value is -1.32. The minimum Gasteiger partial charge on any atom is -0.478 e. The summed E-state index contributed by atoms with van der Waals surface area (Å²) in [6.07, 6.45) is 9.13. The molecule has 0 saturated heterocycles. The second-order valence-electron chi connectivity index (χ2n) is 4.25. The maximum atomic E-state index is 11.5. The van der Waals surface area contributed by atoms with Gasteiger partial charge in [0.2, 0.25) is 5.91 Å². The second-order valence-corrected chi connectivity index (χ2v) is 4.25. The molecule has 0 aromatic carbocycles. The highest BCUT2D eigenvalue weighted by Gasteiger charge is 2.16. The molecule has 0 radical (unpaired) electrons. The highest BCUT2D eigenvalue weighted by Crippen LogP contribution is 2.25. The minimum atomic E-state index is -0.985. The van der Waals surface area contributed by atoms with Gasteiger partial charge in [0.05, 0.1) is 0 Å². The maximum Gasteiger partial charge on any atom is 0.328 e. The lowest BCUT2D eigenvalue weighted by atomic mass is 9.87. The van der Waals surface area contributed by atoms with Gasteiger partial charge in [-0.15, -0.1) is 0 Å². The largest absolute Gasteiger partial charge is 0.478 e. The van der Waals surface area contributed by atoms with Crippen molar-refractivity contribution in [1.29, 1.82) is 0 Å².